The molecule has 0 aliphatic heterocycles. The van der Waals surface area contributed by atoms with Crippen molar-refractivity contribution in [1.29, 1.82) is 0 Å². The summed E-state index contributed by atoms with van der Waals surface area (Å²) in [6, 6.07) is 5.60. The first-order valence-corrected chi connectivity index (χ1v) is 7.97. The molecule has 3 nitrogen and oxygen atoms in total. The van der Waals surface area contributed by atoms with Crippen LogP contribution in [0.15, 0.2) is 28.9 Å². The Balaban J connectivity index is 2.03. The van der Waals surface area contributed by atoms with Crippen molar-refractivity contribution in [1.82, 2.24) is 9.88 Å². The molecule has 0 saturated carbocycles. The molecule has 0 saturated heterocycles. The normalized spacial score (nSPS) is 10.7. The second-order valence-corrected chi connectivity index (χ2v) is 6.84. The van der Waals surface area contributed by atoms with Crippen LogP contribution in [-0.2, 0) is 13.1 Å². The fraction of sp³-hybridized carbons (Fsp3) is 0.308. The van der Waals surface area contributed by atoms with E-state index in [2.05, 4.69) is 28.2 Å². The van der Waals surface area contributed by atoms with Gasteiger partial charge in [0.2, 0.25) is 0 Å². The molecule has 0 unspecified atom stereocenters. The lowest BCUT2D eigenvalue weighted by molar-refractivity contribution is 0.0942. The number of hydrogen-bond acceptors (Lipinski definition) is 2. The number of rotatable bonds is 5. The van der Waals surface area contributed by atoms with Crippen LogP contribution in [0, 0.1) is 0 Å². The van der Waals surface area contributed by atoms with E-state index in [9.17, 15) is 4.79 Å². The van der Waals surface area contributed by atoms with Crippen LogP contribution in [0.3, 0.4) is 0 Å². The van der Waals surface area contributed by atoms with Crippen LogP contribution in [0.4, 0.5) is 0 Å². The second-order valence-electron chi connectivity index (χ2n) is 4.13. The average Bonchev–Trinajstić information content (AvgIpc) is 2.93. The summed E-state index contributed by atoms with van der Waals surface area (Å²) >= 11 is 10.7. The number of hydrogen-bond donors (Lipinski definition) is 1. The predicted molar refractivity (Wildman–Crippen MR) is 82.9 cm³/mol. The molecule has 2 aromatic rings. The van der Waals surface area contributed by atoms with Crippen molar-refractivity contribution >= 4 is 44.8 Å². The Hall–Kier alpha value is -0.780. The summed E-state index contributed by atoms with van der Waals surface area (Å²) in [5.74, 6) is -0.0660. The van der Waals surface area contributed by atoms with Gasteiger partial charge >= 0.3 is 0 Å². The Kier molecular flexibility index (Phi) is 5.07. The van der Waals surface area contributed by atoms with Gasteiger partial charge in [0.1, 0.15) is 5.69 Å². The quantitative estimate of drug-likeness (QED) is 0.846. The highest BCUT2D eigenvalue weighted by atomic mass is 79.9. The van der Waals surface area contributed by atoms with Gasteiger partial charge in [0.15, 0.2) is 0 Å². The number of aromatic nitrogens is 1. The first-order chi connectivity index (χ1) is 9.10. The molecule has 0 fully saturated rings. The zero-order valence-electron chi connectivity index (χ0n) is 10.5. The number of amides is 1. The van der Waals surface area contributed by atoms with Gasteiger partial charge in [-0.3, -0.25) is 4.79 Å². The largest absolute Gasteiger partial charge is 0.346 e. The molecule has 0 bridgehead atoms. The van der Waals surface area contributed by atoms with Crippen molar-refractivity contribution in [2.24, 2.45) is 0 Å². The van der Waals surface area contributed by atoms with Gasteiger partial charge in [-0.15, -0.1) is 11.3 Å². The van der Waals surface area contributed by atoms with E-state index in [4.69, 9.17) is 11.6 Å². The first-order valence-electron chi connectivity index (χ1n) is 5.98. The second kappa shape index (κ2) is 6.59. The van der Waals surface area contributed by atoms with Gasteiger partial charge in [-0.1, -0.05) is 18.5 Å². The van der Waals surface area contributed by atoms with Crippen LogP contribution < -0.4 is 5.32 Å². The summed E-state index contributed by atoms with van der Waals surface area (Å²) in [4.78, 5) is 13.2. The number of carbonyl (C=O) groups excluding carboxylic acids is 1. The minimum absolute atomic E-state index is 0.0660. The molecule has 2 rings (SSSR count). The van der Waals surface area contributed by atoms with Gasteiger partial charge in [-0.2, -0.15) is 0 Å². The summed E-state index contributed by atoms with van der Waals surface area (Å²) in [6.07, 6.45) is 2.92. The van der Waals surface area contributed by atoms with Crippen molar-refractivity contribution in [3.05, 3.63) is 43.8 Å². The van der Waals surface area contributed by atoms with E-state index in [0.717, 1.165) is 26.7 Å². The average molecular weight is 362 g/mol. The molecular weight excluding hydrogens is 348 g/mol. The Morgan fingerprint density at radius 1 is 1.53 bits per heavy atom. The van der Waals surface area contributed by atoms with Crippen LogP contribution in [-0.4, -0.2) is 10.5 Å². The van der Waals surface area contributed by atoms with E-state index >= 15 is 0 Å². The van der Waals surface area contributed by atoms with E-state index in [1.807, 2.05) is 29.0 Å². The molecule has 0 spiro atoms. The molecule has 0 radical (unpaired) electrons. The minimum atomic E-state index is -0.0660. The third-order valence-corrected chi connectivity index (χ3v) is 4.28. The lowest BCUT2D eigenvalue weighted by atomic mass is 10.3. The molecule has 19 heavy (non-hydrogen) atoms. The number of aryl methyl sites for hydroxylation is 1. The first kappa shape index (κ1) is 14.6. The van der Waals surface area contributed by atoms with Crippen molar-refractivity contribution in [2.45, 2.75) is 26.4 Å². The van der Waals surface area contributed by atoms with Gasteiger partial charge in [0.25, 0.3) is 5.91 Å². The smallest absolute Gasteiger partial charge is 0.268 e. The van der Waals surface area contributed by atoms with Crippen LogP contribution in [0.5, 0.6) is 0 Å². The van der Waals surface area contributed by atoms with Gasteiger partial charge in [0, 0.05) is 22.1 Å². The lowest BCUT2D eigenvalue weighted by Crippen LogP contribution is -2.25. The fourth-order valence-electron chi connectivity index (χ4n) is 1.80. The van der Waals surface area contributed by atoms with Gasteiger partial charge in [-0.05, 0) is 40.5 Å². The van der Waals surface area contributed by atoms with E-state index in [-0.39, 0.29) is 5.91 Å². The molecule has 2 aromatic heterocycles. The Morgan fingerprint density at radius 2 is 2.32 bits per heavy atom. The third kappa shape index (κ3) is 3.84. The summed E-state index contributed by atoms with van der Waals surface area (Å²) in [7, 11) is 0. The Bertz CT molecular complexity index is 579. The standard InChI is InChI=1S/C13H14BrClN2OS/c1-2-5-17-8-9(14)6-11(17)13(18)16-7-10-3-4-12(15)19-10/h3-4,6,8H,2,5,7H2,1H3,(H,16,18). The number of nitrogens with zero attached hydrogens (tertiary/aromatic N) is 1. The zero-order chi connectivity index (χ0) is 13.8. The number of nitrogens with one attached hydrogen (secondary N) is 1. The predicted octanol–water partition coefficient (Wildman–Crippen LogP) is 4.31. The van der Waals surface area contributed by atoms with Crippen LogP contribution in [0.1, 0.15) is 28.7 Å². The highest BCUT2D eigenvalue weighted by Gasteiger charge is 2.12. The number of carbonyl (C=O) groups is 1. The molecule has 0 aliphatic carbocycles. The van der Waals surface area contributed by atoms with Crippen molar-refractivity contribution in [3.8, 4) is 0 Å². The summed E-state index contributed by atoms with van der Waals surface area (Å²) in [5.41, 5.74) is 0.677. The molecule has 102 valence electrons. The summed E-state index contributed by atoms with van der Waals surface area (Å²) in [5, 5.41) is 2.91. The Morgan fingerprint density at radius 3 is 2.95 bits per heavy atom. The number of halogens is 2. The van der Waals surface area contributed by atoms with Crippen molar-refractivity contribution < 1.29 is 4.79 Å². The minimum Gasteiger partial charge on any atom is -0.346 e. The summed E-state index contributed by atoms with van der Waals surface area (Å²) < 4.78 is 3.62. The third-order valence-electron chi connectivity index (χ3n) is 2.61. The van der Waals surface area contributed by atoms with E-state index in [1.165, 1.54) is 11.3 Å². The molecular formula is C13H14BrClN2OS. The maximum atomic E-state index is 12.2. The Labute approximate surface area is 129 Å². The molecule has 2 heterocycles. The molecule has 0 atom stereocenters. The van der Waals surface area contributed by atoms with E-state index < -0.39 is 0 Å². The molecule has 6 heteroatoms. The highest BCUT2D eigenvalue weighted by Crippen LogP contribution is 2.21. The van der Waals surface area contributed by atoms with Gasteiger partial charge < -0.3 is 9.88 Å². The maximum absolute atomic E-state index is 12.2. The topological polar surface area (TPSA) is 34.0 Å². The monoisotopic (exact) mass is 360 g/mol. The zero-order valence-corrected chi connectivity index (χ0v) is 13.6. The number of thiophene rings is 1. The van der Waals surface area contributed by atoms with Crippen LogP contribution in [0.2, 0.25) is 4.34 Å². The van der Waals surface area contributed by atoms with E-state index in [0.29, 0.717) is 12.2 Å². The van der Waals surface area contributed by atoms with E-state index in [1.54, 1.807) is 0 Å². The van der Waals surface area contributed by atoms with Crippen LogP contribution in [0.25, 0.3) is 0 Å². The fourth-order valence-corrected chi connectivity index (χ4v) is 3.29. The maximum Gasteiger partial charge on any atom is 0.268 e. The van der Waals surface area contributed by atoms with Crippen molar-refractivity contribution in [3.63, 3.8) is 0 Å². The van der Waals surface area contributed by atoms with Crippen LogP contribution >= 0.6 is 38.9 Å². The molecule has 0 aromatic carbocycles. The van der Waals surface area contributed by atoms with Gasteiger partial charge in [0.05, 0.1) is 10.9 Å². The SMILES string of the molecule is CCCn1cc(Br)cc1C(=O)NCc1ccc(Cl)s1. The molecule has 1 amide bonds. The molecule has 0 aliphatic rings. The van der Waals surface area contributed by atoms with Gasteiger partial charge in [-0.25, -0.2) is 0 Å². The summed E-state index contributed by atoms with van der Waals surface area (Å²) in [6.45, 7) is 3.42. The van der Waals surface area contributed by atoms with Crippen molar-refractivity contribution in [2.75, 3.05) is 0 Å². The highest BCUT2D eigenvalue weighted by molar-refractivity contribution is 9.10. The lowest BCUT2D eigenvalue weighted by Gasteiger charge is -2.07. The molecule has 1 N–H and O–H groups in total.